The quantitative estimate of drug-likeness (QED) is 0.670. The van der Waals surface area contributed by atoms with Gasteiger partial charge in [0.2, 0.25) is 5.75 Å². The number of aromatic hydroxyl groups is 2. The number of H-pyrrole nitrogens is 1. The second kappa shape index (κ2) is 3.44. The van der Waals surface area contributed by atoms with Gasteiger partial charge in [0.25, 0.3) is 5.56 Å². The van der Waals surface area contributed by atoms with Crippen LogP contribution in [-0.4, -0.2) is 29.3 Å². The normalized spacial score (nSPS) is 10.6. The van der Waals surface area contributed by atoms with Crippen LogP contribution in [-0.2, 0) is 0 Å². The minimum atomic E-state index is -0.694. The zero-order valence-electron chi connectivity index (χ0n) is 8.98. The third-order valence-corrected chi connectivity index (χ3v) is 2.46. The highest BCUT2D eigenvalue weighted by Crippen LogP contribution is 2.30. The summed E-state index contributed by atoms with van der Waals surface area (Å²) < 4.78 is 0. The van der Waals surface area contributed by atoms with Crippen molar-refractivity contribution >= 4 is 16.6 Å². The summed E-state index contributed by atoms with van der Waals surface area (Å²) in [5, 5.41) is 19.3. The largest absolute Gasteiger partial charge is 0.504 e. The Bertz CT molecular complexity index is 602. The maximum Gasteiger partial charge on any atom is 0.294 e. The van der Waals surface area contributed by atoms with Crippen LogP contribution in [0.2, 0.25) is 0 Å². The molecule has 0 spiro atoms. The minimum Gasteiger partial charge on any atom is -0.504 e. The lowest BCUT2D eigenvalue weighted by Crippen LogP contribution is -2.09. The Morgan fingerprint density at radius 2 is 1.88 bits per heavy atom. The number of benzene rings is 1. The standard InChI is InChI=1S/C11H12N2O3/c1-13(2)6-3-4-7-8(5-6)12-11(16)10(15)9(7)14/h3-5,15H,1-2H3,(H2,12,14,16). The molecule has 1 aromatic carbocycles. The number of hydrogen-bond acceptors (Lipinski definition) is 4. The second-order valence-electron chi connectivity index (χ2n) is 3.78. The van der Waals surface area contributed by atoms with Gasteiger partial charge in [0.05, 0.1) is 5.52 Å². The van der Waals surface area contributed by atoms with E-state index < -0.39 is 11.3 Å². The second-order valence-corrected chi connectivity index (χ2v) is 3.78. The fourth-order valence-electron chi connectivity index (χ4n) is 1.54. The van der Waals surface area contributed by atoms with Gasteiger partial charge in [0, 0.05) is 25.2 Å². The molecular weight excluding hydrogens is 208 g/mol. The molecule has 0 aliphatic heterocycles. The monoisotopic (exact) mass is 220 g/mol. The van der Waals surface area contributed by atoms with Gasteiger partial charge < -0.3 is 20.1 Å². The van der Waals surface area contributed by atoms with Gasteiger partial charge in [-0.1, -0.05) is 0 Å². The highest BCUT2D eigenvalue weighted by Gasteiger charge is 2.10. The van der Waals surface area contributed by atoms with Crippen LogP contribution < -0.4 is 10.5 Å². The fraction of sp³-hybridized carbons (Fsp3) is 0.182. The maximum atomic E-state index is 11.3. The molecule has 0 saturated heterocycles. The van der Waals surface area contributed by atoms with Crippen molar-refractivity contribution in [2.45, 2.75) is 0 Å². The fourth-order valence-corrected chi connectivity index (χ4v) is 1.54. The summed E-state index contributed by atoms with van der Waals surface area (Å²) in [6.07, 6.45) is 0. The molecule has 1 aromatic heterocycles. The van der Waals surface area contributed by atoms with E-state index in [4.69, 9.17) is 0 Å². The topological polar surface area (TPSA) is 76.6 Å². The summed E-state index contributed by atoms with van der Waals surface area (Å²) >= 11 is 0. The molecule has 0 unspecified atom stereocenters. The van der Waals surface area contributed by atoms with Crippen LogP contribution in [0.4, 0.5) is 5.69 Å². The Hall–Kier alpha value is -2.17. The Balaban J connectivity index is 2.81. The predicted octanol–water partition coefficient (Wildman–Crippen LogP) is 1.01. The van der Waals surface area contributed by atoms with Crippen molar-refractivity contribution in [1.29, 1.82) is 0 Å². The van der Waals surface area contributed by atoms with Crippen LogP contribution in [0.5, 0.6) is 11.5 Å². The van der Waals surface area contributed by atoms with E-state index in [1.54, 1.807) is 18.2 Å². The average Bonchev–Trinajstić information content (AvgIpc) is 2.25. The Morgan fingerprint density at radius 3 is 2.50 bits per heavy atom. The molecule has 0 aliphatic carbocycles. The van der Waals surface area contributed by atoms with E-state index in [0.717, 1.165) is 5.69 Å². The predicted molar refractivity (Wildman–Crippen MR) is 62.2 cm³/mol. The summed E-state index contributed by atoms with van der Waals surface area (Å²) in [6.45, 7) is 0. The van der Waals surface area contributed by atoms with Crippen LogP contribution in [0, 0.1) is 0 Å². The molecule has 5 nitrogen and oxygen atoms in total. The molecule has 2 rings (SSSR count). The molecule has 0 aliphatic rings. The lowest BCUT2D eigenvalue weighted by atomic mass is 10.1. The van der Waals surface area contributed by atoms with Gasteiger partial charge >= 0.3 is 0 Å². The van der Waals surface area contributed by atoms with E-state index >= 15 is 0 Å². The van der Waals surface area contributed by atoms with Crippen molar-refractivity contribution in [3.8, 4) is 11.5 Å². The lowest BCUT2D eigenvalue weighted by Gasteiger charge is -2.13. The van der Waals surface area contributed by atoms with Gasteiger partial charge in [-0.05, 0) is 18.2 Å². The van der Waals surface area contributed by atoms with Crippen molar-refractivity contribution in [3.63, 3.8) is 0 Å². The molecule has 0 radical (unpaired) electrons. The van der Waals surface area contributed by atoms with E-state index in [1.165, 1.54) is 0 Å². The van der Waals surface area contributed by atoms with Gasteiger partial charge in [0.15, 0.2) is 5.75 Å². The van der Waals surface area contributed by atoms with Crippen LogP contribution >= 0.6 is 0 Å². The first-order valence-corrected chi connectivity index (χ1v) is 4.76. The van der Waals surface area contributed by atoms with E-state index in [9.17, 15) is 15.0 Å². The van der Waals surface area contributed by atoms with Crippen molar-refractivity contribution in [2.75, 3.05) is 19.0 Å². The molecule has 2 aromatic rings. The molecule has 0 saturated carbocycles. The number of nitrogens with zero attached hydrogens (tertiary/aromatic N) is 1. The highest BCUT2D eigenvalue weighted by atomic mass is 16.3. The number of fused-ring (bicyclic) bond motifs is 1. The Morgan fingerprint density at radius 1 is 1.19 bits per heavy atom. The summed E-state index contributed by atoms with van der Waals surface area (Å²) in [6, 6.07) is 5.17. The van der Waals surface area contributed by atoms with Gasteiger partial charge in [-0.15, -0.1) is 0 Å². The number of aromatic nitrogens is 1. The molecule has 0 fully saturated rings. The smallest absolute Gasteiger partial charge is 0.294 e. The minimum absolute atomic E-state index is 0.385. The van der Waals surface area contributed by atoms with Crippen molar-refractivity contribution in [1.82, 2.24) is 4.98 Å². The highest BCUT2D eigenvalue weighted by molar-refractivity contribution is 5.89. The van der Waals surface area contributed by atoms with E-state index in [1.807, 2.05) is 19.0 Å². The summed E-state index contributed by atoms with van der Waals surface area (Å²) in [5.74, 6) is -1.03. The first-order valence-electron chi connectivity index (χ1n) is 4.76. The van der Waals surface area contributed by atoms with E-state index in [0.29, 0.717) is 10.9 Å². The number of hydrogen-bond donors (Lipinski definition) is 3. The molecule has 1 heterocycles. The summed E-state index contributed by atoms with van der Waals surface area (Å²) in [4.78, 5) is 15.6. The number of pyridine rings is 1. The van der Waals surface area contributed by atoms with E-state index in [-0.39, 0.29) is 5.75 Å². The van der Waals surface area contributed by atoms with Gasteiger partial charge in [-0.25, -0.2) is 0 Å². The first-order chi connectivity index (χ1) is 7.50. The zero-order valence-corrected chi connectivity index (χ0v) is 8.98. The lowest BCUT2D eigenvalue weighted by molar-refractivity contribution is 0.402. The maximum absolute atomic E-state index is 11.3. The third-order valence-electron chi connectivity index (χ3n) is 2.46. The molecule has 0 amide bonds. The Labute approximate surface area is 91.6 Å². The zero-order chi connectivity index (χ0) is 11.9. The average molecular weight is 220 g/mol. The Kier molecular flexibility index (Phi) is 2.23. The molecule has 84 valence electrons. The van der Waals surface area contributed by atoms with Gasteiger partial charge in [-0.3, -0.25) is 4.79 Å². The molecule has 3 N–H and O–H groups in total. The molecule has 0 bridgehead atoms. The van der Waals surface area contributed by atoms with E-state index in [2.05, 4.69) is 4.98 Å². The summed E-state index contributed by atoms with van der Waals surface area (Å²) in [7, 11) is 3.75. The number of nitrogens with one attached hydrogen (secondary N) is 1. The first kappa shape index (κ1) is 10.4. The molecule has 0 atom stereocenters. The van der Waals surface area contributed by atoms with Crippen LogP contribution in [0.25, 0.3) is 10.9 Å². The summed E-state index contributed by atoms with van der Waals surface area (Å²) in [5.41, 5.74) is 0.695. The molecule has 16 heavy (non-hydrogen) atoms. The number of anilines is 1. The number of rotatable bonds is 1. The van der Waals surface area contributed by atoms with Crippen LogP contribution in [0.15, 0.2) is 23.0 Å². The van der Waals surface area contributed by atoms with Crippen molar-refractivity contribution in [2.24, 2.45) is 0 Å². The van der Waals surface area contributed by atoms with Crippen molar-refractivity contribution in [3.05, 3.63) is 28.6 Å². The van der Waals surface area contributed by atoms with Crippen LogP contribution in [0.3, 0.4) is 0 Å². The van der Waals surface area contributed by atoms with Crippen molar-refractivity contribution < 1.29 is 10.2 Å². The molecule has 5 heteroatoms. The van der Waals surface area contributed by atoms with Gasteiger partial charge in [0.1, 0.15) is 0 Å². The van der Waals surface area contributed by atoms with Gasteiger partial charge in [-0.2, -0.15) is 0 Å². The third kappa shape index (κ3) is 1.46. The number of aromatic amines is 1. The molecular formula is C11H12N2O3. The van der Waals surface area contributed by atoms with Crippen LogP contribution in [0.1, 0.15) is 0 Å². The SMILES string of the molecule is CN(C)c1ccc2c(O)c(O)c(=O)[nH]c2c1.